The van der Waals surface area contributed by atoms with Gasteiger partial charge in [-0.1, -0.05) is 6.07 Å². The van der Waals surface area contributed by atoms with Crippen LogP contribution in [-0.4, -0.2) is 68.3 Å². The first-order chi connectivity index (χ1) is 13.7. The fourth-order valence-corrected chi connectivity index (χ4v) is 2.78. The van der Waals surface area contributed by atoms with Crippen molar-refractivity contribution < 1.29 is 23.8 Å². The quantitative estimate of drug-likeness (QED) is 0.732. The van der Waals surface area contributed by atoms with Crippen LogP contribution in [0.15, 0.2) is 42.6 Å². The van der Waals surface area contributed by atoms with Gasteiger partial charge in [0.15, 0.2) is 0 Å². The maximum Gasteiger partial charge on any atom is 0.261 e. The monoisotopic (exact) mass is 385 g/mol. The Labute approximate surface area is 163 Å². The molecule has 0 aliphatic carbocycles. The van der Waals surface area contributed by atoms with E-state index in [1.54, 1.807) is 54.6 Å². The maximum absolute atomic E-state index is 12.7. The van der Waals surface area contributed by atoms with E-state index in [2.05, 4.69) is 10.3 Å². The number of hydrogen-bond donors (Lipinski definition) is 1. The van der Waals surface area contributed by atoms with Crippen LogP contribution in [0.25, 0.3) is 0 Å². The van der Waals surface area contributed by atoms with Crippen LogP contribution in [0.1, 0.15) is 20.7 Å². The minimum atomic E-state index is -0.364. The molecular weight excluding hydrogens is 362 g/mol. The van der Waals surface area contributed by atoms with Gasteiger partial charge in [0, 0.05) is 37.6 Å². The molecule has 8 heteroatoms. The molecular formula is C20H23N3O5. The number of nitrogens with one attached hydrogen (secondary N) is 1. The molecule has 3 rings (SSSR count). The average Bonchev–Trinajstić information content (AvgIpc) is 2.74. The van der Waals surface area contributed by atoms with Gasteiger partial charge in [0.05, 0.1) is 19.8 Å². The normalized spacial score (nSPS) is 13.8. The van der Waals surface area contributed by atoms with Crippen molar-refractivity contribution >= 4 is 17.5 Å². The second kappa shape index (κ2) is 9.82. The Balaban J connectivity index is 1.70. The lowest BCUT2D eigenvalue weighted by atomic mass is 10.1. The zero-order valence-corrected chi connectivity index (χ0v) is 15.7. The number of morpholine rings is 1. The van der Waals surface area contributed by atoms with E-state index in [0.29, 0.717) is 49.7 Å². The van der Waals surface area contributed by atoms with Crippen molar-refractivity contribution in [1.29, 1.82) is 0 Å². The van der Waals surface area contributed by atoms with Gasteiger partial charge in [-0.3, -0.25) is 9.59 Å². The minimum absolute atomic E-state index is 0.0793. The van der Waals surface area contributed by atoms with E-state index in [1.807, 2.05) is 0 Å². The van der Waals surface area contributed by atoms with E-state index in [9.17, 15) is 9.59 Å². The summed E-state index contributed by atoms with van der Waals surface area (Å²) in [5.41, 5.74) is 1.35. The fraction of sp³-hybridized carbons (Fsp3) is 0.350. The number of anilines is 1. The van der Waals surface area contributed by atoms with Crippen molar-refractivity contribution in [3.8, 4) is 5.88 Å². The number of rotatable bonds is 7. The smallest absolute Gasteiger partial charge is 0.261 e. The highest BCUT2D eigenvalue weighted by Gasteiger charge is 2.19. The number of hydrogen-bond acceptors (Lipinski definition) is 6. The van der Waals surface area contributed by atoms with E-state index in [0.717, 1.165) is 0 Å². The van der Waals surface area contributed by atoms with E-state index < -0.39 is 0 Å². The van der Waals surface area contributed by atoms with Gasteiger partial charge in [-0.05, 0) is 30.3 Å². The molecule has 0 saturated carbocycles. The van der Waals surface area contributed by atoms with E-state index in [1.165, 1.54) is 0 Å². The highest BCUT2D eigenvalue weighted by Crippen LogP contribution is 2.18. The number of carbonyl (C=O) groups excluding carboxylic acids is 2. The van der Waals surface area contributed by atoms with Crippen molar-refractivity contribution in [2.24, 2.45) is 0 Å². The Bertz CT molecular complexity index is 821. The standard InChI is InChI=1S/C20H23N3O5/c1-26-12-13-28-19-17(6-3-7-21-19)18(24)22-16-5-2-4-15(14-16)20(25)23-8-10-27-11-9-23/h2-7,14H,8-13H2,1H3,(H,22,24). The molecule has 0 spiro atoms. The molecule has 1 N–H and O–H groups in total. The summed E-state index contributed by atoms with van der Waals surface area (Å²) >= 11 is 0. The lowest BCUT2D eigenvalue weighted by Crippen LogP contribution is -2.40. The van der Waals surface area contributed by atoms with Crippen molar-refractivity contribution in [2.45, 2.75) is 0 Å². The molecule has 1 aliphatic rings. The zero-order chi connectivity index (χ0) is 19.8. The Morgan fingerprint density at radius 2 is 2.00 bits per heavy atom. The zero-order valence-electron chi connectivity index (χ0n) is 15.7. The number of nitrogens with zero attached hydrogens (tertiary/aromatic N) is 2. The predicted molar refractivity (Wildman–Crippen MR) is 103 cm³/mol. The maximum atomic E-state index is 12.7. The van der Waals surface area contributed by atoms with Crippen LogP contribution in [0, 0.1) is 0 Å². The molecule has 1 fully saturated rings. The second-order valence-electron chi connectivity index (χ2n) is 6.14. The molecule has 1 aromatic heterocycles. The van der Waals surface area contributed by atoms with Crippen LogP contribution in [0.2, 0.25) is 0 Å². The van der Waals surface area contributed by atoms with Gasteiger partial charge in [0.1, 0.15) is 12.2 Å². The minimum Gasteiger partial charge on any atom is -0.475 e. The number of ether oxygens (including phenoxy) is 3. The number of amides is 2. The lowest BCUT2D eigenvalue weighted by molar-refractivity contribution is 0.0303. The van der Waals surface area contributed by atoms with Gasteiger partial charge < -0.3 is 24.4 Å². The van der Waals surface area contributed by atoms with Gasteiger partial charge in [-0.15, -0.1) is 0 Å². The number of aromatic nitrogens is 1. The molecule has 0 unspecified atom stereocenters. The largest absolute Gasteiger partial charge is 0.475 e. The molecule has 2 aromatic rings. The van der Waals surface area contributed by atoms with Crippen molar-refractivity contribution in [3.05, 3.63) is 53.7 Å². The predicted octanol–water partition coefficient (Wildman–Crippen LogP) is 1.83. The topological polar surface area (TPSA) is 90.0 Å². The van der Waals surface area contributed by atoms with Crippen LogP contribution in [0.4, 0.5) is 5.69 Å². The third-order valence-electron chi connectivity index (χ3n) is 4.21. The van der Waals surface area contributed by atoms with Gasteiger partial charge in [0.25, 0.3) is 11.8 Å². The first-order valence-corrected chi connectivity index (χ1v) is 9.04. The lowest BCUT2D eigenvalue weighted by Gasteiger charge is -2.27. The number of methoxy groups -OCH3 is 1. The number of pyridine rings is 1. The first kappa shape index (κ1) is 19.8. The molecule has 2 heterocycles. The second-order valence-corrected chi connectivity index (χ2v) is 6.14. The SMILES string of the molecule is COCCOc1ncccc1C(=O)Nc1cccc(C(=O)N2CCOCC2)c1. The van der Waals surface area contributed by atoms with Crippen LogP contribution < -0.4 is 10.1 Å². The molecule has 1 aromatic carbocycles. The summed E-state index contributed by atoms with van der Waals surface area (Å²) in [6, 6.07) is 10.2. The summed E-state index contributed by atoms with van der Waals surface area (Å²) in [6.45, 7) is 2.88. The Morgan fingerprint density at radius 1 is 1.18 bits per heavy atom. The van der Waals surface area contributed by atoms with Gasteiger partial charge in [-0.2, -0.15) is 0 Å². The molecule has 148 valence electrons. The van der Waals surface area contributed by atoms with Crippen LogP contribution >= 0.6 is 0 Å². The van der Waals surface area contributed by atoms with E-state index in [-0.39, 0.29) is 24.3 Å². The van der Waals surface area contributed by atoms with Crippen LogP contribution in [0.5, 0.6) is 5.88 Å². The van der Waals surface area contributed by atoms with Crippen LogP contribution in [0.3, 0.4) is 0 Å². The van der Waals surface area contributed by atoms with Gasteiger partial charge >= 0.3 is 0 Å². The summed E-state index contributed by atoms with van der Waals surface area (Å²) in [6.07, 6.45) is 1.56. The summed E-state index contributed by atoms with van der Waals surface area (Å²) in [4.78, 5) is 31.2. The third-order valence-corrected chi connectivity index (χ3v) is 4.21. The van der Waals surface area contributed by atoms with Crippen molar-refractivity contribution in [1.82, 2.24) is 9.88 Å². The Morgan fingerprint density at radius 3 is 2.79 bits per heavy atom. The molecule has 1 aliphatic heterocycles. The molecule has 0 radical (unpaired) electrons. The van der Waals surface area contributed by atoms with E-state index >= 15 is 0 Å². The summed E-state index contributed by atoms with van der Waals surface area (Å²) in [5, 5.41) is 2.80. The number of carbonyl (C=O) groups is 2. The molecule has 0 bridgehead atoms. The molecule has 2 amide bonds. The third kappa shape index (κ3) is 5.05. The van der Waals surface area contributed by atoms with Crippen molar-refractivity contribution in [3.63, 3.8) is 0 Å². The number of benzene rings is 1. The van der Waals surface area contributed by atoms with Crippen molar-refractivity contribution in [2.75, 3.05) is 51.9 Å². The fourth-order valence-electron chi connectivity index (χ4n) is 2.78. The van der Waals surface area contributed by atoms with E-state index in [4.69, 9.17) is 14.2 Å². The highest BCUT2D eigenvalue weighted by atomic mass is 16.5. The molecule has 0 atom stereocenters. The first-order valence-electron chi connectivity index (χ1n) is 9.04. The Hall–Kier alpha value is -2.97. The molecule has 28 heavy (non-hydrogen) atoms. The summed E-state index contributed by atoms with van der Waals surface area (Å²) in [5.74, 6) is -0.210. The highest BCUT2D eigenvalue weighted by molar-refractivity contribution is 6.06. The van der Waals surface area contributed by atoms with Gasteiger partial charge in [0.2, 0.25) is 5.88 Å². The average molecular weight is 385 g/mol. The summed E-state index contributed by atoms with van der Waals surface area (Å²) in [7, 11) is 1.57. The van der Waals surface area contributed by atoms with Crippen LogP contribution in [-0.2, 0) is 9.47 Å². The molecule has 1 saturated heterocycles. The Kier molecular flexibility index (Phi) is 6.94. The van der Waals surface area contributed by atoms with Gasteiger partial charge in [-0.25, -0.2) is 4.98 Å². The molecule has 8 nitrogen and oxygen atoms in total. The summed E-state index contributed by atoms with van der Waals surface area (Å²) < 4.78 is 15.7.